The Hall–Kier alpha value is -3.78. The Morgan fingerprint density at radius 3 is 0.976 bits per heavy atom. The van der Waals surface area contributed by atoms with Crippen LogP contribution >= 0.6 is 14.3 Å². The van der Waals surface area contributed by atoms with Gasteiger partial charge in [0.25, 0.3) is 0 Å². The number of allylic oxidation sites excluding steroid dienone is 4. The van der Waals surface area contributed by atoms with E-state index in [2.05, 4.69) is 0 Å². The molecule has 0 heterocycles. The molecule has 0 bridgehead atoms. The maximum absolute atomic E-state index is 15.1. The van der Waals surface area contributed by atoms with Crippen LogP contribution in [0, 0.1) is 11.8 Å². The fraction of sp³-hybridized carbons (Fsp3) is 0.111. The van der Waals surface area contributed by atoms with Crippen molar-refractivity contribution in [2.45, 2.75) is 12.2 Å². The lowest BCUT2D eigenvalue weighted by molar-refractivity contribution is -0.00981. The van der Waals surface area contributed by atoms with E-state index < -0.39 is 38.3 Å². The topological polar surface area (TPSA) is 74.6 Å². The smallest absolute Gasteiger partial charge is 0.167 e. The highest BCUT2D eigenvalue weighted by molar-refractivity contribution is 7.82. The lowest BCUT2D eigenvalue weighted by Crippen LogP contribution is -2.39. The molecule has 0 aromatic heterocycles. The highest BCUT2D eigenvalue weighted by Gasteiger charge is 2.45. The largest absolute Gasteiger partial charge is 0.389 e. The SMILES string of the molecule is O=P(C1=CC=CC1[C@H](O)[C@@H](O)C1C=CC=C1P(=O)(c1ccccc1)c1ccccc1)(c1ccccc1)c1ccccc1. The summed E-state index contributed by atoms with van der Waals surface area (Å²) in [5, 5.41) is 27.4. The first-order valence-corrected chi connectivity index (χ1v) is 17.4. The summed E-state index contributed by atoms with van der Waals surface area (Å²) in [5.41, 5.74) is 0. The molecule has 4 aromatic rings. The Kier molecular flexibility index (Phi) is 7.99. The molecule has 4 nitrogen and oxygen atoms in total. The van der Waals surface area contributed by atoms with E-state index in [9.17, 15) is 10.2 Å². The highest BCUT2D eigenvalue weighted by Crippen LogP contribution is 2.60. The zero-order valence-corrected chi connectivity index (χ0v) is 24.7. The van der Waals surface area contributed by atoms with Crippen LogP contribution in [0.1, 0.15) is 0 Å². The molecule has 0 saturated heterocycles. The molecule has 6 rings (SSSR count). The molecule has 0 fully saturated rings. The fourth-order valence-corrected chi connectivity index (χ4v) is 12.1. The third-order valence-electron chi connectivity index (χ3n) is 8.15. The summed E-state index contributed by atoms with van der Waals surface area (Å²) in [5.74, 6) is -1.40. The minimum absolute atomic E-state index is 0.563. The van der Waals surface area contributed by atoms with Gasteiger partial charge in [0.1, 0.15) is 0 Å². The molecule has 0 saturated carbocycles. The average Bonchev–Trinajstić information content (AvgIpc) is 3.76. The standard InChI is InChI=1S/C36H32O4P2/c37-35(31-23-13-25-33(31)41(39,27-15-5-1-6-16-27)28-17-7-2-8-18-28)36(38)32-24-14-26-34(32)42(40,29-19-9-3-10-20-29)30-21-11-4-12-22-30/h1-26,31-32,35-38H/t31?,32?,35-,36-/m0/s1. The lowest BCUT2D eigenvalue weighted by atomic mass is 9.91. The van der Waals surface area contributed by atoms with E-state index in [1.807, 2.05) is 121 Å². The maximum atomic E-state index is 15.1. The second-order valence-corrected chi connectivity index (χ2v) is 16.1. The van der Waals surface area contributed by atoms with Gasteiger partial charge in [-0.3, -0.25) is 0 Å². The molecule has 0 amide bonds. The van der Waals surface area contributed by atoms with Gasteiger partial charge in [-0.1, -0.05) is 158 Å². The van der Waals surface area contributed by atoms with Crippen LogP contribution in [0.2, 0.25) is 0 Å². The Balaban J connectivity index is 1.37. The van der Waals surface area contributed by atoms with Crippen LogP contribution in [0.25, 0.3) is 0 Å². The van der Waals surface area contributed by atoms with Crippen molar-refractivity contribution in [2.24, 2.45) is 11.8 Å². The second kappa shape index (κ2) is 11.8. The summed E-state index contributed by atoms with van der Waals surface area (Å²) in [6.07, 6.45) is 8.22. The first kappa shape index (κ1) is 28.3. The van der Waals surface area contributed by atoms with Crippen molar-refractivity contribution < 1.29 is 19.3 Å². The third-order valence-corrected chi connectivity index (χ3v) is 14.6. The van der Waals surface area contributed by atoms with Gasteiger partial charge in [0.05, 0.1) is 12.2 Å². The number of hydrogen-bond donors (Lipinski definition) is 2. The van der Waals surface area contributed by atoms with Crippen molar-refractivity contribution in [1.82, 2.24) is 0 Å². The van der Waals surface area contributed by atoms with Crippen LogP contribution in [0.15, 0.2) is 168 Å². The summed E-state index contributed by atoms with van der Waals surface area (Å²) in [4.78, 5) is 0. The molecule has 4 aromatic carbocycles. The zero-order chi connectivity index (χ0) is 29.2. The number of rotatable bonds is 9. The first-order chi connectivity index (χ1) is 20.5. The average molecular weight is 591 g/mol. The molecule has 4 atom stereocenters. The predicted octanol–water partition coefficient (Wildman–Crippen LogP) is 5.88. The molecular weight excluding hydrogens is 558 g/mol. The normalized spacial score (nSPS) is 19.8. The maximum Gasteiger partial charge on any atom is 0.167 e. The minimum atomic E-state index is -3.36. The predicted molar refractivity (Wildman–Crippen MR) is 173 cm³/mol. The monoisotopic (exact) mass is 590 g/mol. The molecular formula is C36H32O4P2. The van der Waals surface area contributed by atoms with Crippen molar-refractivity contribution in [3.8, 4) is 0 Å². The summed E-state index contributed by atoms with van der Waals surface area (Å²) in [6, 6.07) is 37.2. The number of aliphatic hydroxyl groups excluding tert-OH is 2. The van der Waals surface area contributed by atoms with Gasteiger partial charge in [-0.2, -0.15) is 0 Å². The van der Waals surface area contributed by atoms with Gasteiger partial charge in [-0.15, -0.1) is 0 Å². The molecule has 42 heavy (non-hydrogen) atoms. The van der Waals surface area contributed by atoms with Gasteiger partial charge in [0.2, 0.25) is 0 Å². The van der Waals surface area contributed by atoms with Crippen molar-refractivity contribution in [3.05, 3.63) is 168 Å². The quantitative estimate of drug-likeness (QED) is 0.239. The molecule has 2 aliphatic carbocycles. The Labute approximate surface area is 246 Å². The van der Waals surface area contributed by atoms with Crippen LogP contribution in [-0.2, 0) is 9.13 Å². The first-order valence-electron chi connectivity index (χ1n) is 14.0. The van der Waals surface area contributed by atoms with Crippen LogP contribution in [0.5, 0.6) is 0 Å². The summed E-state index contributed by atoms with van der Waals surface area (Å²) < 4.78 is 30.2. The summed E-state index contributed by atoms with van der Waals surface area (Å²) in [7, 11) is -6.71. The van der Waals surface area contributed by atoms with Crippen LogP contribution in [-0.4, -0.2) is 22.4 Å². The van der Waals surface area contributed by atoms with Crippen LogP contribution in [0.4, 0.5) is 0 Å². The van der Waals surface area contributed by atoms with Gasteiger partial charge >= 0.3 is 0 Å². The molecule has 0 aliphatic heterocycles. The van der Waals surface area contributed by atoms with Crippen molar-refractivity contribution >= 4 is 35.5 Å². The minimum Gasteiger partial charge on any atom is -0.389 e. The van der Waals surface area contributed by atoms with Gasteiger partial charge in [0, 0.05) is 43.7 Å². The fourth-order valence-electron chi connectivity index (χ4n) is 6.05. The van der Waals surface area contributed by atoms with Crippen molar-refractivity contribution in [3.63, 3.8) is 0 Å². The summed E-state index contributed by atoms with van der Waals surface area (Å²) in [6.45, 7) is 0. The van der Waals surface area contributed by atoms with Crippen LogP contribution in [0.3, 0.4) is 0 Å². The van der Waals surface area contributed by atoms with Gasteiger partial charge in [0.15, 0.2) is 14.3 Å². The molecule has 2 N–H and O–H groups in total. The number of benzene rings is 4. The number of aliphatic hydroxyl groups is 2. The Bertz CT molecular complexity index is 1540. The van der Waals surface area contributed by atoms with Crippen LogP contribution < -0.4 is 21.2 Å². The second-order valence-electron chi connectivity index (χ2n) is 10.5. The molecule has 2 unspecified atom stereocenters. The lowest BCUT2D eigenvalue weighted by Gasteiger charge is -2.34. The van der Waals surface area contributed by atoms with Gasteiger partial charge < -0.3 is 19.3 Å². The molecule has 0 spiro atoms. The number of hydrogen-bond acceptors (Lipinski definition) is 4. The van der Waals surface area contributed by atoms with E-state index in [0.717, 1.165) is 0 Å². The summed E-state index contributed by atoms with van der Waals surface area (Å²) >= 11 is 0. The molecule has 210 valence electrons. The van der Waals surface area contributed by atoms with Gasteiger partial charge in [-0.05, 0) is 0 Å². The molecule has 0 radical (unpaired) electrons. The molecule has 2 aliphatic rings. The highest BCUT2D eigenvalue weighted by atomic mass is 31.2. The molecule has 6 heteroatoms. The van der Waals surface area contributed by atoms with E-state index in [1.165, 1.54) is 0 Å². The third kappa shape index (κ3) is 4.85. The van der Waals surface area contributed by atoms with E-state index in [1.54, 1.807) is 36.5 Å². The Morgan fingerprint density at radius 1 is 0.452 bits per heavy atom. The van der Waals surface area contributed by atoms with E-state index in [-0.39, 0.29) is 0 Å². The van der Waals surface area contributed by atoms with E-state index >= 15 is 9.13 Å². The van der Waals surface area contributed by atoms with Gasteiger partial charge in [-0.25, -0.2) is 0 Å². The zero-order valence-electron chi connectivity index (χ0n) is 22.9. The Morgan fingerprint density at radius 2 is 0.714 bits per heavy atom. The van der Waals surface area contributed by atoms with E-state index in [0.29, 0.717) is 31.8 Å². The van der Waals surface area contributed by atoms with E-state index in [4.69, 9.17) is 0 Å². The van der Waals surface area contributed by atoms with Crippen molar-refractivity contribution in [1.29, 1.82) is 0 Å². The van der Waals surface area contributed by atoms with Crippen molar-refractivity contribution in [2.75, 3.05) is 0 Å².